The molecular weight excluding hydrogens is 340 g/mol. The number of ether oxygens (including phenoxy) is 1. The number of aryl methyl sites for hydroxylation is 1. The van der Waals surface area contributed by atoms with E-state index in [9.17, 15) is 4.79 Å². The highest BCUT2D eigenvalue weighted by Crippen LogP contribution is 2.34. The number of hydrogen-bond donors (Lipinski definition) is 1. The standard InChI is InChI=1S/C21H28N4O2/c1-24-15-18(14-23-24)25-11-5-8-19(20(25)26)22-16-21(9-12-27-13-10-21)17-6-3-2-4-7-17/h2-4,6-7,14-15,19,22H,5,8-13,16H2,1H3. The third-order valence-electron chi connectivity index (χ3n) is 5.96. The molecule has 1 atom stereocenters. The summed E-state index contributed by atoms with van der Waals surface area (Å²) in [6.45, 7) is 3.12. The van der Waals surface area contributed by atoms with Crippen molar-refractivity contribution in [2.45, 2.75) is 37.1 Å². The van der Waals surface area contributed by atoms with Gasteiger partial charge in [-0.3, -0.25) is 9.48 Å². The van der Waals surface area contributed by atoms with Crippen LogP contribution in [0.4, 0.5) is 5.69 Å². The van der Waals surface area contributed by atoms with Crippen LogP contribution in [0.5, 0.6) is 0 Å². The molecule has 1 amide bonds. The van der Waals surface area contributed by atoms with E-state index in [4.69, 9.17) is 4.74 Å². The van der Waals surface area contributed by atoms with Crippen molar-refractivity contribution in [3.05, 3.63) is 48.3 Å². The minimum absolute atomic E-state index is 0.0381. The molecule has 1 aromatic carbocycles. The first-order valence-corrected chi connectivity index (χ1v) is 9.85. The van der Waals surface area contributed by atoms with Crippen molar-refractivity contribution in [1.29, 1.82) is 0 Å². The van der Waals surface area contributed by atoms with Gasteiger partial charge in [0.15, 0.2) is 0 Å². The second-order valence-corrected chi connectivity index (χ2v) is 7.70. The molecule has 0 radical (unpaired) electrons. The SMILES string of the molecule is Cn1cc(N2CCCC(NCC3(c4ccccc4)CCOCC3)C2=O)cn1. The number of amides is 1. The summed E-state index contributed by atoms with van der Waals surface area (Å²) in [5.74, 6) is 0.157. The van der Waals surface area contributed by atoms with E-state index in [-0.39, 0.29) is 17.4 Å². The van der Waals surface area contributed by atoms with Gasteiger partial charge < -0.3 is 15.0 Å². The van der Waals surface area contributed by atoms with Crippen molar-refractivity contribution in [2.75, 3.05) is 31.2 Å². The van der Waals surface area contributed by atoms with Crippen molar-refractivity contribution in [2.24, 2.45) is 7.05 Å². The quantitative estimate of drug-likeness (QED) is 0.879. The van der Waals surface area contributed by atoms with Gasteiger partial charge in [0.05, 0.1) is 17.9 Å². The molecule has 144 valence electrons. The molecule has 6 nitrogen and oxygen atoms in total. The molecule has 0 spiro atoms. The Labute approximate surface area is 160 Å². The highest BCUT2D eigenvalue weighted by atomic mass is 16.5. The van der Waals surface area contributed by atoms with Crippen molar-refractivity contribution in [3.63, 3.8) is 0 Å². The van der Waals surface area contributed by atoms with E-state index in [1.807, 2.05) is 18.1 Å². The third-order valence-corrected chi connectivity index (χ3v) is 5.96. The van der Waals surface area contributed by atoms with Crippen LogP contribution < -0.4 is 10.2 Å². The summed E-state index contributed by atoms with van der Waals surface area (Å²) < 4.78 is 7.37. The van der Waals surface area contributed by atoms with E-state index in [2.05, 4.69) is 40.7 Å². The third kappa shape index (κ3) is 3.77. The lowest BCUT2D eigenvalue weighted by Crippen LogP contribution is -2.54. The average molecular weight is 368 g/mol. The van der Waals surface area contributed by atoms with Gasteiger partial charge in [0.1, 0.15) is 0 Å². The van der Waals surface area contributed by atoms with E-state index >= 15 is 0 Å². The van der Waals surface area contributed by atoms with Crippen LogP contribution in [0.15, 0.2) is 42.7 Å². The molecule has 4 rings (SSSR count). The van der Waals surface area contributed by atoms with Gasteiger partial charge in [-0.25, -0.2) is 0 Å². The normalized spacial score (nSPS) is 22.8. The van der Waals surface area contributed by atoms with Crippen LogP contribution in [0.25, 0.3) is 0 Å². The molecule has 3 heterocycles. The Bertz CT molecular complexity index is 767. The fourth-order valence-electron chi connectivity index (χ4n) is 4.31. The molecule has 1 aromatic heterocycles. The van der Waals surface area contributed by atoms with E-state index in [1.165, 1.54) is 5.56 Å². The zero-order valence-electron chi connectivity index (χ0n) is 15.9. The molecule has 0 saturated carbocycles. The number of benzene rings is 1. The van der Waals surface area contributed by atoms with Crippen molar-refractivity contribution < 1.29 is 9.53 Å². The molecule has 27 heavy (non-hydrogen) atoms. The molecule has 2 saturated heterocycles. The molecule has 2 fully saturated rings. The molecule has 1 N–H and O–H groups in total. The van der Waals surface area contributed by atoms with Crippen LogP contribution in [-0.2, 0) is 22.0 Å². The summed E-state index contributed by atoms with van der Waals surface area (Å²) in [6.07, 6.45) is 7.53. The number of hydrogen-bond acceptors (Lipinski definition) is 4. The predicted molar refractivity (Wildman–Crippen MR) is 105 cm³/mol. The Morgan fingerprint density at radius 1 is 1.26 bits per heavy atom. The molecule has 0 aliphatic carbocycles. The first-order valence-electron chi connectivity index (χ1n) is 9.85. The fourth-order valence-corrected chi connectivity index (χ4v) is 4.31. The summed E-state index contributed by atoms with van der Waals surface area (Å²) in [4.78, 5) is 14.9. The zero-order valence-corrected chi connectivity index (χ0v) is 15.9. The van der Waals surface area contributed by atoms with Crippen LogP contribution in [0.1, 0.15) is 31.2 Å². The Kier molecular flexibility index (Phi) is 5.27. The number of piperidine rings is 1. The second-order valence-electron chi connectivity index (χ2n) is 7.70. The van der Waals surface area contributed by atoms with Crippen molar-refractivity contribution in [1.82, 2.24) is 15.1 Å². The summed E-state index contributed by atoms with van der Waals surface area (Å²) >= 11 is 0. The number of nitrogens with zero attached hydrogens (tertiary/aromatic N) is 3. The van der Waals surface area contributed by atoms with Gasteiger partial charge >= 0.3 is 0 Å². The minimum Gasteiger partial charge on any atom is -0.381 e. The Morgan fingerprint density at radius 3 is 2.74 bits per heavy atom. The molecule has 6 heteroatoms. The van der Waals surface area contributed by atoms with Gasteiger partial charge in [-0.2, -0.15) is 5.10 Å². The number of rotatable bonds is 5. The number of nitrogens with one attached hydrogen (secondary N) is 1. The Morgan fingerprint density at radius 2 is 2.04 bits per heavy atom. The lowest BCUT2D eigenvalue weighted by Gasteiger charge is -2.40. The van der Waals surface area contributed by atoms with E-state index in [0.29, 0.717) is 0 Å². The maximum Gasteiger partial charge on any atom is 0.244 e. The Balaban J connectivity index is 1.48. The number of aromatic nitrogens is 2. The van der Waals surface area contributed by atoms with Crippen LogP contribution in [0.3, 0.4) is 0 Å². The molecule has 1 unspecified atom stereocenters. The van der Waals surface area contributed by atoms with Crippen LogP contribution in [0, 0.1) is 0 Å². The first-order chi connectivity index (χ1) is 13.2. The number of carbonyl (C=O) groups excluding carboxylic acids is 1. The van der Waals surface area contributed by atoms with Gasteiger partial charge in [0.2, 0.25) is 5.91 Å². The molecule has 2 aliphatic rings. The lowest BCUT2D eigenvalue weighted by molar-refractivity contribution is -0.121. The summed E-state index contributed by atoms with van der Waals surface area (Å²) in [7, 11) is 1.88. The molecule has 0 bridgehead atoms. The van der Waals surface area contributed by atoms with Crippen molar-refractivity contribution >= 4 is 11.6 Å². The van der Waals surface area contributed by atoms with Gasteiger partial charge in [0.25, 0.3) is 0 Å². The summed E-state index contributed by atoms with van der Waals surface area (Å²) in [5, 5.41) is 7.82. The van der Waals surface area contributed by atoms with Crippen LogP contribution >= 0.6 is 0 Å². The average Bonchev–Trinajstić information content (AvgIpc) is 3.15. The maximum absolute atomic E-state index is 13.1. The molecule has 2 aliphatic heterocycles. The van der Waals surface area contributed by atoms with Gasteiger partial charge in [-0.1, -0.05) is 30.3 Å². The van der Waals surface area contributed by atoms with E-state index < -0.39 is 0 Å². The van der Waals surface area contributed by atoms with Gasteiger partial charge in [-0.15, -0.1) is 0 Å². The highest BCUT2D eigenvalue weighted by molar-refractivity contribution is 5.97. The number of anilines is 1. The molecule has 2 aromatic rings. The van der Waals surface area contributed by atoms with E-state index in [0.717, 1.165) is 57.7 Å². The fraction of sp³-hybridized carbons (Fsp3) is 0.524. The maximum atomic E-state index is 13.1. The topological polar surface area (TPSA) is 59.4 Å². The van der Waals surface area contributed by atoms with Crippen LogP contribution in [-0.4, -0.2) is 48.0 Å². The highest BCUT2D eigenvalue weighted by Gasteiger charge is 2.37. The van der Waals surface area contributed by atoms with Crippen LogP contribution in [0.2, 0.25) is 0 Å². The monoisotopic (exact) mass is 368 g/mol. The zero-order chi connectivity index (χ0) is 18.7. The lowest BCUT2D eigenvalue weighted by atomic mass is 9.74. The smallest absolute Gasteiger partial charge is 0.244 e. The predicted octanol–water partition coefficient (Wildman–Crippen LogP) is 2.25. The largest absolute Gasteiger partial charge is 0.381 e. The molecular formula is C21H28N4O2. The summed E-state index contributed by atoms with van der Waals surface area (Å²) in [5.41, 5.74) is 2.27. The van der Waals surface area contributed by atoms with Crippen molar-refractivity contribution in [3.8, 4) is 0 Å². The minimum atomic E-state index is -0.137. The first kappa shape index (κ1) is 18.2. The Hall–Kier alpha value is -2.18. The summed E-state index contributed by atoms with van der Waals surface area (Å²) in [6, 6.07) is 10.5. The van der Waals surface area contributed by atoms with Gasteiger partial charge in [0, 0.05) is 45.0 Å². The second kappa shape index (κ2) is 7.82. The number of carbonyl (C=O) groups is 1. The van der Waals surface area contributed by atoms with Gasteiger partial charge in [-0.05, 0) is 31.2 Å². The van der Waals surface area contributed by atoms with E-state index in [1.54, 1.807) is 10.9 Å².